The second kappa shape index (κ2) is 6.12. The minimum absolute atomic E-state index is 0.303. The summed E-state index contributed by atoms with van der Waals surface area (Å²) >= 11 is 0. The van der Waals surface area contributed by atoms with Crippen molar-refractivity contribution in [2.24, 2.45) is 0 Å². The number of esters is 1. The number of anilines is 1. The zero-order chi connectivity index (χ0) is 17.4. The Bertz CT molecular complexity index is 847. The molecule has 0 saturated heterocycles. The van der Waals surface area contributed by atoms with Crippen molar-refractivity contribution in [3.63, 3.8) is 0 Å². The molecule has 0 spiro atoms. The number of fused-ring (bicyclic) bond motifs is 2. The summed E-state index contributed by atoms with van der Waals surface area (Å²) in [5.74, 6) is 0.222. The number of benzene rings is 2. The standard InChI is InChI=1S/C19H17NO5/c1-23-19(22)15-11-12-5-2-3-7-14(12)20(15)18(21)13-6-4-8-16-17(13)25-10-9-24-16/h2-8,15H,9-11H2,1H3/t15-/m1/s1. The minimum Gasteiger partial charge on any atom is -0.486 e. The summed E-state index contributed by atoms with van der Waals surface area (Å²) in [4.78, 5) is 27.0. The summed E-state index contributed by atoms with van der Waals surface area (Å²) in [6.45, 7) is 0.830. The second-order valence-corrected chi connectivity index (χ2v) is 5.88. The first kappa shape index (κ1) is 15.5. The lowest BCUT2D eigenvalue weighted by Crippen LogP contribution is -2.43. The van der Waals surface area contributed by atoms with Gasteiger partial charge >= 0.3 is 5.97 Å². The molecular weight excluding hydrogens is 322 g/mol. The van der Waals surface area contributed by atoms with Crippen LogP contribution in [0.3, 0.4) is 0 Å². The van der Waals surface area contributed by atoms with E-state index in [4.69, 9.17) is 14.2 Å². The molecule has 0 bridgehead atoms. The molecule has 0 unspecified atom stereocenters. The van der Waals surface area contributed by atoms with Gasteiger partial charge in [0.05, 0.1) is 12.7 Å². The van der Waals surface area contributed by atoms with Crippen LogP contribution in [0.25, 0.3) is 0 Å². The van der Waals surface area contributed by atoms with Crippen LogP contribution in [0.4, 0.5) is 5.69 Å². The molecule has 25 heavy (non-hydrogen) atoms. The van der Waals surface area contributed by atoms with Gasteiger partial charge in [-0.2, -0.15) is 0 Å². The Labute approximate surface area is 144 Å². The van der Waals surface area contributed by atoms with Crippen molar-refractivity contribution < 1.29 is 23.8 Å². The van der Waals surface area contributed by atoms with Crippen LogP contribution in [0, 0.1) is 0 Å². The molecule has 4 rings (SSSR count). The lowest BCUT2D eigenvalue weighted by molar-refractivity contribution is -0.141. The van der Waals surface area contributed by atoms with E-state index in [0.717, 1.165) is 11.3 Å². The Kier molecular flexibility index (Phi) is 3.80. The Balaban J connectivity index is 1.79. The third-order valence-electron chi connectivity index (χ3n) is 4.46. The zero-order valence-electron chi connectivity index (χ0n) is 13.7. The van der Waals surface area contributed by atoms with Crippen LogP contribution in [0.15, 0.2) is 42.5 Å². The number of amides is 1. The van der Waals surface area contributed by atoms with Gasteiger partial charge in [-0.25, -0.2) is 4.79 Å². The highest BCUT2D eigenvalue weighted by Crippen LogP contribution is 2.38. The van der Waals surface area contributed by atoms with E-state index >= 15 is 0 Å². The first-order chi connectivity index (χ1) is 12.2. The quantitative estimate of drug-likeness (QED) is 0.785. The number of ether oxygens (including phenoxy) is 3. The molecule has 2 aliphatic rings. The van der Waals surface area contributed by atoms with Crippen molar-refractivity contribution in [2.45, 2.75) is 12.5 Å². The van der Waals surface area contributed by atoms with Crippen LogP contribution in [-0.4, -0.2) is 38.2 Å². The van der Waals surface area contributed by atoms with E-state index in [9.17, 15) is 9.59 Å². The molecule has 0 fully saturated rings. The van der Waals surface area contributed by atoms with Gasteiger partial charge in [0, 0.05) is 12.1 Å². The molecule has 128 valence electrons. The number of nitrogens with zero attached hydrogens (tertiary/aromatic N) is 1. The largest absolute Gasteiger partial charge is 0.486 e. The smallest absolute Gasteiger partial charge is 0.329 e. The van der Waals surface area contributed by atoms with E-state index in [-0.39, 0.29) is 5.91 Å². The van der Waals surface area contributed by atoms with Crippen LogP contribution in [0.1, 0.15) is 15.9 Å². The molecule has 0 radical (unpaired) electrons. The van der Waals surface area contributed by atoms with Gasteiger partial charge in [0.15, 0.2) is 11.5 Å². The first-order valence-electron chi connectivity index (χ1n) is 8.08. The number of hydrogen-bond acceptors (Lipinski definition) is 5. The fraction of sp³-hybridized carbons (Fsp3) is 0.263. The monoisotopic (exact) mass is 339 g/mol. The zero-order valence-corrected chi connectivity index (χ0v) is 13.7. The normalized spacial score (nSPS) is 17.8. The average Bonchev–Trinajstić information content (AvgIpc) is 3.06. The molecule has 0 N–H and O–H groups in total. The summed E-state index contributed by atoms with van der Waals surface area (Å²) in [6, 6.07) is 12.0. The molecule has 0 aromatic heterocycles. The van der Waals surface area contributed by atoms with Crippen molar-refractivity contribution in [1.29, 1.82) is 0 Å². The Hall–Kier alpha value is -3.02. The van der Waals surface area contributed by atoms with Crippen molar-refractivity contribution in [3.05, 3.63) is 53.6 Å². The predicted octanol–water partition coefficient (Wildman–Crippen LogP) is 2.20. The molecule has 2 aliphatic heterocycles. The van der Waals surface area contributed by atoms with Gasteiger partial charge in [-0.3, -0.25) is 9.69 Å². The van der Waals surface area contributed by atoms with E-state index in [1.54, 1.807) is 18.2 Å². The van der Waals surface area contributed by atoms with Gasteiger partial charge in [0.2, 0.25) is 0 Å². The molecule has 2 heterocycles. The summed E-state index contributed by atoms with van der Waals surface area (Å²) in [5, 5.41) is 0. The van der Waals surface area contributed by atoms with Gasteiger partial charge in [-0.1, -0.05) is 24.3 Å². The molecule has 0 saturated carbocycles. The Morgan fingerprint density at radius 3 is 2.72 bits per heavy atom. The minimum atomic E-state index is -0.685. The van der Waals surface area contributed by atoms with Crippen LogP contribution >= 0.6 is 0 Å². The average molecular weight is 339 g/mol. The number of methoxy groups -OCH3 is 1. The van der Waals surface area contributed by atoms with Crippen molar-refractivity contribution in [2.75, 3.05) is 25.2 Å². The second-order valence-electron chi connectivity index (χ2n) is 5.88. The summed E-state index contributed by atoms with van der Waals surface area (Å²) in [6.07, 6.45) is 0.432. The summed E-state index contributed by atoms with van der Waals surface area (Å²) < 4.78 is 16.1. The maximum Gasteiger partial charge on any atom is 0.329 e. The van der Waals surface area contributed by atoms with Gasteiger partial charge in [0.1, 0.15) is 19.3 Å². The maximum atomic E-state index is 13.3. The lowest BCUT2D eigenvalue weighted by Gasteiger charge is -2.26. The molecule has 2 aromatic carbocycles. The van der Waals surface area contributed by atoms with E-state index in [0.29, 0.717) is 36.7 Å². The van der Waals surface area contributed by atoms with Gasteiger partial charge in [0.25, 0.3) is 5.91 Å². The van der Waals surface area contributed by atoms with E-state index in [2.05, 4.69) is 0 Å². The SMILES string of the molecule is COC(=O)[C@H]1Cc2ccccc2N1C(=O)c1cccc2c1OCCO2. The topological polar surface area (TPSA) is 65.1 Å². The molecular formula is C19H17NO5. The fourth-order valence-electron chi connectivity index (χ4n) is 3.33. The van der Waals surface area contributed by atoms with Crippen molar-refractivity contribution >= 4 is 17.6 Å². The molecule has 6 heteroatoms. The van der Waals surface area contributed by atoms with Crippen LogP contribution in [0.2, 0.25) is 0 Å². The first-order valence-corrected chi connectivity index (χ1v) is 8.08. The van der Waals surface area contributed by atoms with E-state index in [1.165, 1.54) is 12.0 Å². The van der Waals surface area contributed by atoms with Gasteiger partial charge in [-0.15, -0.1) is 0 Å². The molecule has 0 aliphatic carbocycles. The number of rotatable bonds is 2. The van der Waals surface area contributed by atoms with Gasteiger partial charge < -0.3 is 14.2 Å². The number of carbonyl (C=O) groups excluding carboxylic acids is 2. The number of para-hydroxylation sites is 2. The van der Waals surface area contributed by atoms with Crippen LogP contribution < -0.4 is 14.4 Å². The highest BCUT2D eigenvalue weighted by atomic mass is 16.6. The molecule has 6 nitrogen and oxygen atoms in total. The summed E-state index contributed by atoms with van der Waals surface area (Å²) in [5.41, 5.74) is 2.04. The highest BCUT2D eigenvalue weighted by molar-refractivity contribution is 6.12. The van der Waals surface area contributed by atoms with E-state index in [1.807, 2.05) is 24.3 Å². The number of carbonyl (C=O) groups is 2. The predicted molar refractivity (Wildman–Crippen MR) is 90.2 cm³/mol. The van der Waals surface area contributed by atoms with Gasteiger partial charge in [-0.05, 0) is 23.8 Å². The van der Waals surface area contributed by atoms with Crippen LogP contribution in [0.5, 0.6) is 11.5 Å². The third kappa shape index (κ3) is 2.50. The fourth-order valence-corrected chi connectivity index (χ4v) is 3.33. The Morgan fingerprint density at radius 1 is 1.08 bits per heavy atom. The van der Waals surface area contributed by atoms with E-state index < -0.39 is 12.0 Å². The number of hydrogen-bond donors (Lipinski definition) is 0. The van der Waals surface area contributed by atoms with Crippen molar-refractivity contribution in [3.8, 4) is 11.5 Å². The highest BCUT2D eigenvalue weighted by Gasteiger charge is 2.40. The molecule has 1 atom stereocenters. The molecule has 1 amide bonds. The third-order valence-corrected chi connectivity index (χ3v) is 4.46. The van der Waals surface area contributed by atoms with Crippen molar-refractivity contribution in [1.82, 2.24) is 0 Å². The summed E-state index contributed by atoms with van der Waals surface area (Å²) in [7, 11) is 1.33. The van der Waals surface area contributed by atoms with Crippen LogP contribution in [-0.2, 0) is 16.0 Å². The molecule has 2 aromatic rings. The Morgan fingerprint density at radius 2 is 1.88 bits per heavy atom. The maximum absolute atomic E-state index is 13.3. The lowest BCUT2D eigenvalue weighted by atomic mass is 10.1.